The molecule has 2 aromatic heterocycles. The number of fused-ring (bicyclic) bond motifs is 1. The summed E-state index contributed by atoms with van der Waals surface area (Å²) in [5.74, 6) is 0.996. The molecule has 29 heavy (non-hydrogen) atoms. The van der Waals surface area contributed by atoms with Crippen LogP contribution in [0.2, 0.25) is 0 Å². The molecule has 0 aliphatic carbocycles. The van der Waals surface area contributed by atoms with Crippen LogP contribution in [0.25, 0.3) is 17.2 Å². The number of nitrogens with zero attached hydrogens (tertiary/aromatic N) is 3. The fourth-order valence-corrected chi connectivity index (χ4v) is 2.72. The summed E-state index contributed by atoms with van der Waals surface area (Å²) < 4.78 is 37.3. The number of aromatic amines is 1. The predicted molar refractivity (Wildman–Crippen MR) is 101 cm³/mol. The van der Waals surface area contributed by atoms with Crippen molar-refractivity contribution in [1.29, 1.82) is 0 Å². The maximum atomic E-state index is 13.0. The molecule has 0 atom stereocenters. The first-order valence-corrected chi connectivity index (χ1v) is 8.71. The highest BCUT2D eigenvalue weighted by atomic mass is 19.3. The Bertz CT molecular complexity index is 1200. The third kappa shape index (κ3) is 4.40. The summed E-state index contributed by atoms with van der Waals surface area (Å²) in [4.78, 5) is 21.0. The fourth-order valence-electron chi connectivity index (χ4n) is 2.72. The number of aromatic nitrogens is 4. The van der Waals surface area contributed by atoms with Gasteiger partial charge >= 0.3 is 6.11 Å². The van der Waals surface area contributed by atoms with Gasteiger partial charge in [-0.1, -0.05) is 36.4 Å². The lowest BCUT2D eigenvalue weighted by atomic mass is 10.2. The number of rotatable bonds is 6. The zero-order chi connectivity index (χ0) is 20.4. The van der Waals surface area contributed by atoms with E-state index in [1.807, 2.05) is 30.3 Å². The van der Waals surface area contributed by atoms with Gasteiger partial charge in [-0.2, -0.15) is 18.3 Å². The molecule has 148 valence electrons. The van der Waals surface area contributed by atoms with Crippen molar-refractivity contribution in [3.05, 3.63) is 76.7 Å². The van der Waals surface area contributed by atoms with Crippen LogP contribution in [0.1, 0.15) is 12.6 Å². The van der Waals surface area contributed by atoms with Gasteiger partial charge in [0.1, 0.15) is 18.1 Å². The van der Waals surface area contributed by atoms with E-state index < -0.39 is 6.11 Å². The average Bonchev–Trinajstić information content (AvgIpc) is 3.11. The van der Waals surface area contributed by atoms with Crippen molar-refractivity contribution in [3.63, 3.8) is 0 Å². The maximum Gasteiger partial charge on any atom is 0.394 e. The zero-order valence-electron chi connectivity index (χ0n) is 15.3. The minimum absolute atomic E-state index is 0.0294. The molecule has 0 fully saturated rings. The number of halogens is 2. The third-order valence-corrected chi connectivity index (χ3v) is 3.92. The van der Waals surface area contributed by atoms with Crippen LogP contribution >= 0.6 is 0 Å². The second-order valence-electron chi connectivity index (χ2n) is 6.33. The highest BCUT2D eigenvalue weighted by Gasteiger charge is 2.23. The summed E-state index contributed by atoms with van der Waals surface area (Å²) in [6, 6.07) is 16.5. The lowest BCUT2D eigenvalue weighted by Crippen LogP contribution is -2.19. The molecule has 0 saturated carbocycles. The van der Waals surface area contributed by atoms with Crippen molar-refractivity contribution in [2.24, 2.45) is 0 Å². The second-order valence-corrected chi connectivity index (χ2v) is 6.33. The van der Waals surface area contributed by atoms with E-state index in [4.69, 9.17) is 4.74 Å². The summed E-state index contributed by atoms with van der Waals surface area (Å²) in [6.07, 6.45) is -3.30. The Hall–Kier alpha value is -3.75. The SMILES string of the molecule is CC(F)(F)Oc1cccc(OCc2cc(=O)n3[nH]c(-c4ccccc4)nc3n2)c1. The zero-order valence-corrected chi connectivity index (χ0v) is 15.3. The van der Waals surface area contributed by atoms with Crippen LogP contribution in [-0.4, -0.2) is 25.7 Å². The van der Waals surface area contributed by atoms with Gasteiger partial charge in [-0.15, -0.1) is 0 Å². The van der Waals surface area contributed by atoms with E-state index in [1.54, 1.807) is 6.07 Å². The molecule has 0 aliphatic heterocycles. The number of alkyl halides is 2. The summed E-state index contributed by atoms with van der Waals surface area (Å²) >= 11 is 0. The Kier molecular flexibility index (Phi) is 4.71. The normalized spacial score (nSPS) is 11.6. The van der Waals surface area contributed by atoms with Crippen molar-refractivity contribution in [3.8, 4) is 22.9 Å². The minimum Gasteiger partial charge on any atom is -0.487 e. The lowest BCUT2D eigenvalue weighted by molar-refractivity contribution is -0.159. The van der Waals surface area contributed by atoms with Gasteiger partial charge in [-0.25, -0.2) is 4.98 Å². The van der Waals surface area contributed by atoms with E-state index >= 15 is 0 Å². The molecule has 2 heterocycles. The van der Waals surface area contributed by atoms with Crippen LogP contribution in [0, 0.1) is 0 Å². The Balaban J connectivity index is 1.55. The molecule has 0 amide bonds. The largest absolute Gasteiger partial charge is 0.487 e. The molecule has 7 nitrogen and oxygen atoms in total. The van der Waals surface area contributed by atoms with Gasteiger partial charge in [0.15, 0.2) is 5.82 Å². The number of ether oxygens (including phenoxy) is 2. The van der Waals surface area contributed by atoms with E-state index in [2.05, 4.69) is 19.8 Å². The highest BCUT2D eigenvalue weighted by molar-refractivity contribution is 5.56. The average molecular weight is 398 g/mol. The lowest BCUT2D eigenvalue weighted by Gasteiger charge is -2.13. The van der Waals surface area contributed by atoms with E-state index in [-0.39, 0.29) is 23.7 Å². The molecule has 0 bridgehead atoms. The van der Waals surface area contributed by atoms with Crippen molar-refractivity contribution < 1.29 is 18.3 Å². The van der Waals surface area contributed by atoms with Gasteiger partial charge < -0.3 is 9.47 Å². The Labute approximate surface area is 163 Å². The van der Waals surface area contributed by atoms with Gasteiger partial charge in [0, 0.05) is 24.6 Å². The molecule has 0 aliphatic rings. The number of hydrogen-bond donors (Lipinski definition) is 1. The fraction of sp³-hybridized carbons (Fsp3) is 0.150. The summed E-state index contributed by atoms with van der Waals surface area (Å²) in [7, 11) is 0. The summed E-state index contributed by atoms with van der Waals surface area (Å²) in [5.41, 5.74) is 0.832. The molecule has 4 rings (SSSR count). The van der Waals surface area contributed by atoms with Gasteiger partial charge in [0.05, 0.1) is 5.69 Å². The van der Waals surface area contributed by atoms with E-state index in [0.29, 0.717) is 24.2 Å². The number of nitrogens with one attached hydrogen (secondary N) is 1. The van der Waals surface area contributed by atoms with Crippen molar-refractivity contribution in [2.75, 3.05) is 0 Å². The van der Waals surface area contributed by atoms with Gasteiger partial charge in [-0.3, -0.25) is 9.89 Å². The van der Waals surface area contributed by atoms with Crippen LogP contribution in [0.5, 0.6) is 11.5 Å². The number of hydrogen-bond acceptors (Lipinski definition) is 5. The summed E-state index contributed by atoms with van der Waals surface area (Å²) in [5, 5.41) is 2.91. The molecular formula is C20H16F2N4O3. The topological polar surface area (TPSA) is 81.5 Å². The molecule has 0 spiro atoms. The van der Waals surface area contributed by atoms with Crippen LogP contribution in [0.3, 0.4) is 0 Å². The van der Waals surface area contributed by atoms with Gasteiger partial charge in [0.25, 0.3) is 11.3 Å². The van der Waals surface area contributed by atoms with Crippen LogP contribution in [-0.2, 0) is 6.61 Å². The van der Waals surface area contributed by atoms with Crippen molar-refractivity contribution >= 4 is 5.78 Å². The summed E-state index contributed by atoms with van der Waals surface area (Å²) in [6.45, 7) is 0.617. The molecular weight excluding hydrogens is 382 g/mol. The van der Waals surface area contributed by atoms with Crippen LogP contribution in [0.15, 0.2) is 65.5 Å². The van der Waals surface area contributed by atoms with E-state index in [9.17, 15) is 13.6 Å². The molecule has 1 N–H and O–H groups in total. The predicted octanol–water partition coefficient (Wildman–Crippen LogP) is 3.66. The van der Waals surface area contributed by atoms with Crippen molar-refractivity contribution in [1.82, 2.24) is 19.6 Å². The second kappa shape index (κ2) is 7.34. The number of benzene rings is 2. The van der Waals surface area contributed by atoms with Crippen molar-refractivity contribution in [2.45, 2.75) is 19.6 Å². The quantitative estimate of drug-likeness (QED) is 0.536. The number of H-pyrrole nitrogens is 1. The van der Waals surface area contributed by atoms with Gasteiger partial charge in [0.2, 0.25) is 0 Å². The van der Waals surface area contributed by atoms with Crippen LogP contribution in [0.4, 0.5) is 8.78 Å². The standard InChI is InChI=1S/C20H16F2N4O3/c1-20(21,22)29-16-9-5-8-15(11-16)28-12-14-10-17(27)26-19(23-14)24-18(25-26)13-6-3-2-4-7-13/h2-11H,12H2,1H3,(H,23,24,25). The molecule has 0 saturated heterocycles. The monoisotopic (exact) mass is 398 g/mol. The molecule has 4 aromatic rings. The molecule has 2 aromatic carbocycles. The maximum absolute atomic E-state index is 13.0. The molecule has 0 radical (unpaired) electrons. The van der Waals surface area contributed by atoms with E-state index in [0.717, 1.165) is 5.56 Å². The Morgan fingerprint density at radius 2 is 1.79 bits per heavy atom. The molecule has 9 heteroatoms. The Morgan fingerprint density at radius 3 is 2.55 bits per heavy atom. The van der Waals surface area contributed by atoms with Gasteiger partial charge in [-0.05, 0) is 12.1 Å². The minimum atomic E-state index is -3.30. The first-order chi connectivity index (χ1) is 13.9. The highest BCUT2D eigenvalue weighted by Crippen LogP contribution is 2.25. The molecule has 0 unspecified atom stereocenters. The smallest absolute Gasteiger partial charge is 0.394 e. The first-order valence-electron chi connectivity index (χ1n) is 8.71. The Morgan fingerprint density at radius 1 is 1.03 bits per heavy atom. The van der Waals surface area contributed by atoms with E-state index in [1.165, 1.54) is 28.8 Å². The first kappa shape index (κ1) is 18.6. The third-order valence-electron chi connectivity index (χ3n) is 3.92. The van der Waals surface area contributed by atoms with Crippen LogP contribution < -0.4 is 15.0 Å².